The van der Waals surface area contributed by atoms with Crippen molar-refractivity contribution in [3.63, 3.8) is 0 Å². The van der Waals surface area contributed by atoms with Crippen molar-refractivity contribution in [2.45, 2.75) is 51.4 Å². The minimum atomic E-state index is -0.327. The Morgan fingerprint density at radius 1 is 1.30 bits per heavy atom. The molecule has 2 aliphatic rings. The standard InChI is InChI=1S/C15H24N2OS2/c1-14(2)7-10-12(11(18)8-14)20-13(16-10)17-5-6-19-15(3,4)9-17/h11,18H,5-9H2,1-4H3. The molecule has 0 bridgehead atoms. The van der Waals surface area contributed by atoms with E-state index in [0.29, 0.717) is 4.75 Å². The van der Waals surface area contributed by atoms with Crippen LogP contribution < -0.4 is 4.90 Å². The molecular weight excluding hydrogens is 288 g/mol. The maximum Gasteiger partial charge on any atom is 0.185 e. The number of aliphatic hydroxyl groups is 1. The van der Waals surface area contributed by atoms with Crippen LogP contribution in [0.3, 0.4) is 0 Å². The molecule has 0 radical (unpaired) electrons. The van der Waals surface area contributed by atoms with Crippen molar-refractivity contribution in [1.29, 1.82) is 0 Å². The van der Waals surface area contributed by atoms with Crippen molar-refractivity contribution < 1.29 is 5.11 Å². The molecule has 0 spiro atoms. The highest BCUT2D eigenvalue weighted by Crippen LogP contribution is 2.45. The van der Waals surface area contributed by atoms with E-state index in [9.17, 15) is 5.11 Å². The molecule has 0 amide bonds. The van der Waals surface area contributed by atoms with Gasteiger partial charge in [-0.3, -0.25) is 0 Å². The predicted octanol–water partition coefficient (Wildman–Crippen LogP) is 3.48. The summed E-state index contributed by atoms with van der Waals surface area (Å²) in [6.07, 6.45) is 1.51. The van der Waals surface area contributed by atoms with E-state index < -0.39 is 0 Å². The summed E-state index contributed by atoms with van der Waals surface area (Å²) in [5, 5.41) is 11.5. The molecule has 5 heteroatoms. The van der Waals surface area contributed by atoms with Gasteiger partial charge in [0.1, 0.15) is 0 Å². The minimum Gasteiger partial charge on any atom is -0.387 e. The fraction of sp³-hybridized carbons (Fsp3) is 0.800. The first kappa shape index (κ1) is 14.7. The largest absolute Gasteiger partial charge is 0.387 e. The Hall–Kier alpha value is -0.260. The van der Waals surface area contributed by atoms with Crippen LogP contribution >= 0.6 is 23.1 Å². The van der Waals surface area contributed by atoms with Crippen molar-refractivity contribution in [2.75, 3.05) is 23.7 Å². The van der Waals surface area contributed by atoms with Gasteiger partial charge in [0.2, 0.25) is 0 Å². The first-order valence-corrected chi connectivity index (χ1v) is 9.13. The summed E-state index contributed by atoms with van der Waals surface area (Å²) in [6, 6.07) is 0. The van der Waals surface area contributed by atoms with Gasteiger partial charge >= 0.3 is 0 Å². The molecule has 0 saturated carbocycles. The molecule has 1 aromatic rings. The molecular formula is C15H24N2OS2. The number of aromatic nitrogens is 1. The highest BCUT2D eigenvalue weighted by Gasteiger charge is 2.36. The maximum absolute atomic E-state index is 10.4. The number of hydrogen-bond acceptors (Lipinski definition) is 5. The van der Waals surface area contributed by atoms with Crippen LogP contribution in [0.1, 0.15) is 50.8 Å². The first-order valence-electron chi connectivity index (χ1n) is 7.32. The summed E-state index contributed by atoms with van der Waals surface area (Å²) < 4.78 is 0.294. The first-order chi connectivity index (χ1) is 9.26. The molecule has 1 saturated heterocycles. The topological polar surface area (TPSA) is 36.4 Å². The third kappa shape index (κ3) is 2.85. The van der Waals surface area contributed by atoms with Crippen molar-refractivity contribution in [2.24, 2.45) is 5.41 Å². The van der Waals surface area contributed by atoms with E-state index in [1.807, 2.05) is 11.8 Å². The van der Waals surface area contributed by atoms with E-state index in [1.54, 1.807) is 11.3 Å². The second kappa shape index (κ2) is 4.89. The third-order valence-electron chi connectivity index (χ3n) is 4.11. The van der Waals surface area contributed by atoms with Gasteiger partial charge in [-0.25, -0.2) is 4.98 Å². The lowest BCUT2D eigenvalue weighted by Gasteiger charge is -2.37. The number of anilines is 1. The molecule has 1 atom stereocenters. The molecule has 1 aliphatic heterocycles. The van der Waals surface area contributed by atoms with Gasteiger partial charge in [-0.15, -0.1) is 0 Å². The van der Waals surface area contributed by atoms with Crippen molar-refractivity contribution >= 4 is 28.2 Å². The smallest absolute Gasteiger partial charge is 0.185 e. The van der Waals surface area contributed by atoms with E-state index in [0.717, 1.165) is 47.4 Å². The Kier molecular flexibility index (Phi) is 3.58. The highest BCUT2D eigenvalue weighted by atomic mass is 32.2. The second-order valence-electron chi connectivity index (χ2n) is 7.40. The molecule has 3 nitrogen and oxygen atoms in total. The highest BCUT2D eigenvalue weighted by molar-refractivity contribution is 8.00. The van der Waals surface area contributed by atoms with Crippen LogP contribution in [0.25, 0.3) is 0 Å². The summed E-state index contributed by atoms with van der Waals surface area (Å²) in [6.45, 7) is 11.2. The van der Waals surface area contributed by atoms with Crippen LogP contribution in [0.15, 0.2) is 0 Å². The Morgan fingerprint density at radius 3 is 2.75 bits per heavy atom. The molecule has 1 fully saturated rings. The van der Waals surface area contributed by atoms with Gasteiger partial charge in [0.15, 0.2) is 5.13 Å². The molecule has 112 valence electrons. The predicted molar refractivity (Wildman–Crippen MR) is 87.9 cm³/mol. The Balaban J connectivity index is 1.87. The second-order valence-corrected chi connectivity index (χ2v) is 10.2. The zero-order chi connectivity index (χ0) is 14.5. The van der Waals surface area contributed by atoms with Gasteiger partial charge < -0.3 is 10.0 Å². The summed E-state index contributed by atoms with van der Waals surface area (Å²) in [5.74, 6) is 1.16. The van der Waals surface area contributed by atoms with E-state index in [4.69, 9.17) is 4.98 Å². The Morgan fingerprint density at radius 2 is 2.05 bits per heavy atom. The van der Waals surface area contributed by atoms with Crippen LogP contribution in [0.2, 0.25) is 0 Å². The van der Waals surface area contributed by atoms with Crippen molar-refractivity contribution in [3.8, 4) is 0 Å². The summed E-state index contributed by atoms with van der Waals surface area (Å²) >= 11 is 3.75. The number of thiazole rings is 1. The average molecular weight is 313 g/mol. The molecule has 1 unspecified atom stereocenters. The lowest BCUT2D eigenvalue weighted by molar-refractivity contribution is 0.102. The molecule has 1 aromatic heterocycles. The SMILES string of the molecule is CC1(C)Cc2nc(N3CCSC(C)(C)C3)sc2C(O)C1. The number of rotatable bonds is 1. The molecule has 1 aliphatic carbocycles. The average Bonchev–Trinajstić information content (AvgIpc) is 2.70. The van der Waals surface area contributed by atoms with E-state index in [-0.39, 0.29) is 11.5 Å². The summed E-state index contributed by atoms with van der Waals surface area (Å²) in [7, 11) is 0. The quantitative estimate of drug-likeness (QED) is 0.861. The third-order valence-corrected chi connectivity index (χ3v) is 6.66. The molecule has 2 heterocycles. The number of aliphatic hydroxyl groups excluding tert-OH is 1. The van der Waals surface area contributed by atoms with Crippen molar-refractivity contribution in [3.05, 3.63) is 10.6 Å². The van der Waals surface area contributed by atoms with Crippen molar-refractivity contribution in [1.82, 2.24) is 4.98 Å². The monoisotopic (exact) mass is 312 g/mol. The Labute approximate surface area is 129 Å². The van der Waals surface area contributed by atoms with Gasteiger partial charge in [-0.2, -0.15) is 11.8 Å². The lowest BCUT2D eigenvalue weighted by Crippen LogP contribution is -2.43. The number of nitrogens with zero attached hydrogens (tertiary/aromatic N) is 2. The minimum absolute atomic E-state index is 0.161. The molecule has 0 aromatic carbocycles. The zero-order valence-electron chi connectivity index (χ0n) is 12.8. The van der Waals surface area contributed by atoms with Crippen LogP contribution in [-0.2, 0) is 6.42 Å². The van der Waals surface area contributed by atoms with Crippen LogP contribution in [-0.4, -0.2) is 33.7 Å². The zero-order valence-corrected chi connectivity index (χ0v) is 14.4. The number of thioether (sulfide) groups is 1. The summed E-state index contributed by atoms with van der Waals surface area (Å²) in [5.41, 5.74) is 1.29. The summed E-state index contributed by atoms with van der Waals surface area (Å²) in [4.78, 5) is 8.37. The Bertz CT molecular complexity index is 510. The molecule has 3 rings (SSSR count). The van der Waals surface area contributed by atoms with Crippen LogP contribution in [0.5, 0.6) is 0 Å². The van der Waals surface area contributed by atoms with Gasteiger partial charge in [-0.1, -0.05) is 25.2 Å². The van der Waals surface area contributed by atoms with Gasteiger partial charge in [0, 0.05) is 23.6 Å². The van der Waals surface area contributed by atoms with Crippen LogP contribution in [0.4, 0.5) is 5.13 Å². The van der Waals surface area contributed by atoms with Gasteiger partial charge in [-0.05, 0) is 32.1 Å². The lowest BCUT2D eigenvalue weighted by atomic mass is 9.77. The van der Waals surface area contributed by atoms with Gasteiger partial charge in [0.25, 0.3) is 0 Å². The number of hydrogen-bond donors (Lipinski definition) is 1. The van der Waals surface area contributed by atoms with Crippen LogP contribution in [0, 0.1) is 5.41 Å². The molecule has 20 heavy (non-hydrogen) atoms. The van der Waals surface area contributed by atoms with E-state index in [2.05, 4.69) is 32.6 Å². The van der Waals surface area contributed by atoms with E-state index in [1.165, 1.54) is 0 Å². The fourth-order valence-corrected chi connectivity index (χ4v) is 5.40. The number of fused-ring (bicyclic) bond motifs is 1. The molecule has 1 N–H and O–H groups in total. The van der Waals surface area contributed by atoms with E-state index >= 15 is 0 Å². The maximum atomic E-state index is 10.4. The normalized spacial score (nSPS) is 28.2. The fourth-order valence-electron chi connectivity index (χ4n) is 3.19. The van der Waals surface area contributed by atoms with Gasteiger partial charge in [0.05, 0.1) is 16.7 Å².